The van der Waals surface area contributed by atoms with Crippen LogP contribution in [0.25, 0.3) is 10.2 Å². The van der Waals surface area contributed by atoms with E-state index in [1.54, 1.807) is 11.3 Å². The zero-order valence-corrected chi connectivity index (χ0v) is 12.2. The lowest BCUT2D eigenvalue weighted by Gasteiger charge is -2.14. The molecule has 1 aliphatic rings. The number of nitrogens with one attached hydrogen (secondary N) is 1. The molecule has 0 bridgehead atoms. The third-order valence-electron chi connectivity index (χ3n) is 3.78. The molecule has 0 radical (unpaired) electrons. The molecule has 0 saturated carbocycles. The van der Waals surface area contributed by atoms with Crippen molar-refractivity contribution in [2.75, 3.05) is 18.5 Å². The minimum absolute atomic E-state index is 0.751. The van der Waals surface area contributed by atoms with Gasteiger partial charge in [0.2, 0.25) is 0 Å². The molecule has 6 heteroatoms. The minimum atomic E-state index is 0.751. The van der Waals surface area contributed by atoms with Crippen molar-refractivity contribution in [3.63, 3.8) is 0 Å². The summed E-state index contributed by atoms with van der Waals surface area (Å²) in [6.07, 6.45) is 2.56. The van der Waals surface area contributed by atoms with Crippen LogP contribution in [0.15, 0.2) is 0 Å². The normalized spacial score (nSPS) is 16.4. The number of nitrogens with two attached hydrogens (primary N) is 1. The molecule has 0 unspecified atom stereocenters. The van der Waals surface area contributed by atoms with Gasteiger partial charge >= 0.3 is 0 Å². The van der Waals surface area contributed by atoms with Crippen molar-refractivity contribution in [1.82, 2.24) is 14.9 Å². The highest BCUT2D eigenvalue weighted by Gasteiger charge is 2.17. The quantitative estimate of drug-likeness (QED) is 0.665. The van der Waals surface area contributed by atoms with Crippen molar-refractivity contribution in [2.24, 2.45) is 5.84 Å². The van der Waals surface area contributed by atoms with E-state index in [0.29, 0.717) is 0 Å². The van der Waals surface area contributed by atoms with Crippen molar-refractivity contribution < 1.29 is 0 Å². The van der Waals surface area contributed by atoms with Crippen molar-refractivity contribution in [3.8, 4) is 0 Å². The number of nitrogen functional groups attached to an aromatic ring is 1. The summed E-state index contributed by atoms with van der Waals surface area (Å²) in [5.41, 5.74) is 3.95. The van der Waals surface area contributed by atoms with Gasteiger partial charge in [0.05, 0.1) is 11.9 Å². The molecule has 3 N–H and O–H groups in total. The molecule has 1 aliphatic heterocycles. The van der Waals surface area contributed by atoms with Gasteiger partial charge in [0, 0.05) is 4.88 Å². The van der Waals surface area contributed by atoms with E-state index in [2.05, 4.69) is 29.2 Å². The molecule has 0 atom stereocenters. The number of aromatic nitrogens is 2. The first kappa shape index (κ1) is 12.8. The van der Waals surface area contributed by atoms with Crippen LogP contribution in [0.3, 0.4) is 0 Å². The summed E-state index contributed by atoms with van der Waals surface area (Å²) in [4.78, 5) is 14.0. The van der Waals surface area contributed by atoms with Crippen LogP contribution in [0, 0.1) is 13.8 Å². The number of anilines is 1. The van der Waals surface area contributed by atoms with Crippen LogP contribution in [0.5, 0.6) is 0 Å². The van der Waals surface area contributed by atoms with Gasteiger partial charge in [0.1, 0.15) is 10.7 Å². The number of nitrogens with zero attached hydrogens (tertiary/aromatic N) is 3. The summed E-state index contributed by atoms with van der Waals surface area (Å²) in [7, 11) is 0. The molecule has 0 aliphatic carbocycles. The predicted octanol–water partition coefficient (Wildman–Crippen LogP) is 2.19. The molecule has 0 spiro atoms. The van der Waals surface area contributed by atoms with Crippen molar-refractivity contribution in [1.29, 1.82) is 0 Å². The molecule has 0 aromatic carbocycles. The lowest BCUT2D eigenvalue weighted by atomic mass is 10.2. The smallest absolute Gasteiger partial charge is 0.152 e. The first-order valence-corrected chi connectivity index (χ1v) is 7.46. The highest BCUT2D eigenvalue weighted by molar-refractivity contribution is 7.18. The molecule has 0 amide bonds. The summed E-state index contributed by atoms with van der Waals surface area (Å²) in [5, 5.41) is 1.06. The van der Waals surface area contributed by atoms with Gasteiger partial charge in [-0.15, -0.1) is 11.3 Å². The molecule has 2 aromatic heterocycles. The van der Waals surface area contributed by atoms with Gasteiger partial charge in [-0.2, -0.15) is 0 Å². The zero-order valence-electron chi connectivity index (χ0n) is 11.4. The van der Waals surface area contributed by atoms with E-state index in [-0.39, 0.29) is 0 Å². The summed E-state index contributed by atoms with van der Waals surface area (Å²) >= 11 is 1.72. The Morgan fingerprint density at radius 3 is 2.68 bits per heavy atom. The average Bonchev–Trinajstić information content (AvgIpc) is 2.98. The van der Waals surface area contributed by atoms with Gasteiger partial charge in [0.15, 0.2) is 5.82 Å². The fourth-order valence-electron chi connectivity index (χ4n) is 2.61. The van der Waals surface area contributed by atoms with Crippen LogP contribution in [0.1, 0.15) is 29.1 Å². The first-order valence-electron chi connectivity index (χ1n) is 6.64. The molecule has 19 heavy (non-hydrogen) atoms. The van der Waals surface area contributed by atoms with E-state index < -0.39 is 0 Å². The molecule has 5 nitrogen and oxygen atoms in total. The summed E-state index contributed by atoms with van der Waals surface area (Å²) in [5.74, 6) is 7.24. The molecular formula is C13H19N5S. The highest BCUT2D eigenvalue weighted by Crippen LogP contribution is 2.33. The molecule has 1 saturated heterocycles. The Morgan fingerprint density at radius 1 is 1.26 bits per heavy atom. The first-order chi connectivity index (χ1) is 9.19. The monoisotopic (exact) mass is 277 g/mol. The Morgan fingerprint density at radius 2 is 2.00 bits per heavy atom. The van der Waals surface area contributed by atoms with Gasteiger partial charge < -0.3 is 5.43 Å². The maximum Gasteiger partial charge on any atom is 0.152 e. The summed E-state index contributed by atoms with van der Waals surface area (Å²) < 4.78 is 0. The molecular weight excluding hydrogens is 258 g/mol. The van der Waals surface area contributed by atoms with Crippen molar-refractivity contribution in [2.45, 2.75) is 33.2 Å². The third-order valence-corrected chi connectivity index (χ3v) is 4.88. The van der Waals surface area contributed by atoms with Crippen LogP contribution in [0.4, 0.5) is 5.82 Å². The maximum atomic E-state index is 5.62. The van der Waals surface area contributed by atoms with E-state index in [1.165, 1.54) is 23.3 Å². The molecule has 2 aromatic rings. The van der Waals surface area contributed by atoms with Crippen LogP contribution < -0.4 is 11.3 Å². The van der Waals surface area contributed by atoms with Crippen molar-refractivity contribution >= 4 is 27.4 Å². The van der Waals surface area contributed by atoms with Gasteiger partial charge in [-0.3, -0.25) is 4.90 Å². The fourth-order valence-corrected chi connectivity index (χ4v) is 3.66. The fraction of sp³-hybridized carbons (Fsp3) is 0.538. The average molecular weight is 277 g/mol. The number of rotatable bonds is 3. The number of fused-ring (bicyclic) bond motifs is 1. The number of hydrogen-bond acceptors (Lipinski definition) is 6. The molecule has 102 valence electrons. The molecule has 3 heterocycles. The second-order valence-corrected chi connectivity index (χ2v) is 6.28. The zero-order chi connectivity index (χ0) is 13.4. The lowest BCUT2D eigenvalue weighted by Crippen LogP contribution is -2.21. The van der Waals surface area contributed by atoms with E-state index in [9.17, 15) is 0 Å². The summed E-state index contributed by atoms with van der Waals surface area (Å²) in [6, 6.07) is 0. The van der Waals surface area contributed by atoms with E-state index in [1.807, 2.05) is 0 Å². The van der Waals surface area contributed by atoms with Crippen LogP contribution in [-0.2, 0) is 6.54 Å². The Labute approximate surface area is 116 Å². The Hall–Kier alpha value is -1.24. The largest absolute Gasteiger partial charge is 0.308 e. The summed E-state index contributed by atoms with van der Waals surface area (Å²) in [6.45, 7) is 7.33. The number of aryl methyl sites for hydroxylation is 2. The number of hydrazine groups is 1. The minimum Gasteiger partial charge on any atom is -0.308 e. The Bertz CT molecular complexity index is 601. The SMILES string of the molecule is Cc1sc2nc(CN3CCCC3)nc(NN)c2c1C. The Balaban J connectivity index is 2.01. The van der Waals surface area contributed by atoms with Gasteiger partial charge in [-0.1, -0.05) is 0 Å². The van der Waals surface area contributed by atoms with Crippen LogP contribution in [0.2, 0.25) is 0 Å². The Kier molecular flexibility index (Phi) is 3.38. The number of hydrogen-bond donors (Lipinski definition) is 2. The second kappa shape index (κ2) is 5.03. The number of thiophene rings is 1. The van der Waals surface area contributed by atoms with Gasteiger partial charge in [-0.05, 0) is 45.3 Å². The standard InChI is InChI=1S/C13H19N5S/c1-8-9(2)19-13-11(8)12(17-14)15-10(16-13)7-18-5-3-4-6-18/h3-7,14H2,1-2H3,(H,15,16,17). The lowest BCUT2D eigenvalue weighted by molar-refractivity contribution is 0.323. The van der Waals surface area contributed by atoms with Gasteiger partial charge in [-0.25, -0.2) is 15.8 Å². The van der Waals surface area contributed by atoms with Gasteiger partial charge in [0.25, 0.3) is 0 Å². The third kappa shape index (κ3) is 2.31. The van der Waals surface area contributed by atoms with Crippen LogP contribution >= 0.6 is 11.3 Å². The highest BCUT2D eigenvalue weighted by atomic mass is 32.1. The molecule has 3 rings (SSSR count). The van der Waals surface area contributed by atoms with Crippen molar-refractivity contribution in [3.05, 3.63) is 16.3 Å². The maximum absolute atomic E-state index is 5.62. The van der Waals surface area contributed by atoms with E-state index in [0.717, 1.165) is 41.5 Å². The van der Waals surface area contributed by atoms with Crippen LogP contribution in [-0.4, -0.2) is 28.0 Å². The topological polar surface area (TPSA) is 67.1 Å². The predicted molar refractivity (Wildman–Crippen MR) is 79.2 cm³/mol. The second-order valence-electron chi connectivity index (χ2n) is 5.08. The number of likely N-dealkylation sites (tertiary alicyclic amines) is 1. The van der Waals surface area contributed by atoms with E-state index in [4.69, 9.17) is 10.8 Å². The van der Waals surface area contributed by atoms with E-state index >= 15 is 0 Å². The molecule has 1 fully saturated rings.